The number of aromatic nitrogens is 1. The van der Waals surface area contributed by atoms with Crippen LogP contribution < -0.4 is 10.1 Å². The number of piperazine rings is 2. The number of hydrogen-bond acceptors (Lipinski definition) is 6. The minimum absolute atomic E-state index is 0.0577. The lowest BCUT2D eigenvalue weighted by atomic mass is 10.1. The van der Waals surface area contributed by atoms with Crippen molar-refractivity contribution in [3.63, 3.8) is 0 Å². The van der Waals surface area contributed by atoms with Gasteiger partial charge in [0.1, 0.15) is 23.4 Å². The molecule has 2 saturated heterocycles. The molecule has 2 aliphatic heterocycles. The second-order valence-electron chi connectivity index (χ2n) is 6.92. The maximum atomic E-state index is 14.2. The van der Waals surface area contributed by atoms with Gasteiger partial charge in [0.25, 0.3) is 0 Å². The first-order valence-corrected chi connectivity index (χ1v) is 9.06. The molecule has 2 amide bonds. The van der Waals surface area contributed by atoms with Gasteiger partial charge in [-0.2, -0.15) is 0 Å². The van der Waals surface area contributed by atoms with Crippen LogP contribution in [0.25, 0.3) is 11.5 Å². The molecular formula is C19H21FN4O4. The first-order chi connectivity index (χ1) is 13.5. The summed E-state index contributed by atoms with van der Waals surface area (Å²) in [6.45, 7) is 3.83. The van der Waals surface area contributed by atoms with E-state index >= 15 is 0 Å². The largest absolute Gasteiger partial charge is 0.497 e. The Bertz CT molecular complexity index is 929. The summed E-state index contributed by atoms with van der Waals surface area (Å²) >= 11 is 0. The summed E-state index contributed by atoms with van der Waals surface area (Å²) in [5, 5.41) is 2.62. The zero-order chi connectivity index (χ0) is 19.8. The van der Waals surface area contributed by atoms with Gasteiger partial charge in [-0.15, -0.1) is 0 Å². The van der Waals surface area contributed by atoms with E-state index in [1.807, 2.05) is 0 Å². The Kier molecular flexibility index (Phi) is 4.76. The van der Waals surface area contributed by atoms with Crippen molar-refractivity contribution >= 4 is 11.8 Å². The van der Waals surface area contributed by atoms with E-state index in [1.54, 1.807) is 17.9 Å². The van der Waals surface area contributed by atoms with Gasteiger partial charge in [-0.1, -0.05) is 0 Å². The average molecular weight is 388 g/mol. The van der Waals surface area contributed by atoms with Crippen LogP contribution in [-0.2, 0) is 16.1 Å². The lowest BCUT2D eigenvalue weighted by Gasteiger charge is -2.42. The molecule has 2 aromatic rings. The highest BCUT2D eigenvalue weighted by Gasteiger charge is 2.38. The molecule has 0 bridgehead atoms. The summed E-state index contributed by atoms with van der Waals surface area (Å²) in [6.07, 6.45) is 0. The van der Waals surface area contributed by atoms with Crippen molar-refractivity contribution in [2.45, 2.75) is 19.5 Å². The van der Waals surface area contributed by atoms with Crippen molar-refractivity contribution in [2.24, 2.45) is 0 Å². The molecule has 0 aliphatic carbocycles. The number of rotatable bonds is 4. The molecule has 0 spiro atoms. The molecular weight excluding hydrogens is 367 g/mol. The van der Waals surface area contributed by atoms with E-state index in [-0.39, 0.29) is 29.8 Å². The van der Waals surface area contributed by atoms with Crippen molar-refractivity contribution in [3.05, 3.63) is 35.5 Å². The van der Waals surface area contributed by atoms with Crippen molar-refractivity contribution in [1.29, 1.82) is 0 Å². The minimum atomic E-state index is -0.488. The van der Waals surface area contributed by atoms with Gasteiger partial charge in [0.2, 0.25) is 17.7 Å². The van der Waals surface area contributed by atoms with Gasteiger partial charge >= 0.3 is 0 Å². The fraction of sp³-hybridized carbons (Fsp3) is 0.421. The highest BCUT2D eigenvalue weighted by Crippen LogP contribution is 2.28. The predicted octanol–water partition coefficient (Wildman–Crippen LogP) is 0.940. The number of benzene rings is 1. The molecule has 1 atom stereocenters. The summed E-state index contributed by atoms with van der Waals surface area (Å²) in [6, 6.07) is 3.90. The average Bonchev–Trinajstić information content (AvgIpc) is 3.05. The zero-order valence-electron chi connectivity index (χ0n) is 15.7. The van der Waals surface area contributed by atoms with Gasteiger partial charge in [0.15, 0.2) is 0 Å². The number of nitrogens with one attached hydrogen (secondary N) is 1. The third-order valence-corrected chi connectivity index (χ3v) is 5.17. The van der Waals surface area contributed by atoms with E-state index in [1.165, 1.54) is 19.2 Å². The fourth-order valence-electron chi connectivity index (χ4n) is 3.59. The molecule has 1 aromatic heterocycles. The van der Waals surface area contributed by atoms with E-state index in [9.17, 15) is 14.0 Å². The standard InChI is InChI=1S/C19H21FN4O4/c1-11-15(22-19(28-11)13-7-12(27-2)3-4-14(13)20)9-23-5-6-24-16(10-23)18(26)21-8-17(24)25/h3-4,7,16H,5-6,8-10H2,1-2H3,(H,21,26). The molecule has 28 heavy (non-hydrogen) atoms. The van der Waals surface area contributed by atoms with Crippen molar-refractivity contribution in [1.82, 2.24) is 20.1 Å². The van der Waals surface area contributed by atoms with Crippen LogP contribution in [0, 0.1) is 12.7 Å². The summed E-state index contributed by atoms with van der Waals surface area (Å²) in [4.78, 5) is 32.2. The number of ether oxygens (including phenoxy) is 1. The normalized spacial score (nSPS) is 20.1. The van der Waals surface area contributed by atoms with Crippen LogP contribution in [0.15, 0.2) is 22.6 Å². The number of amides is 2. The number of halogens is 1. The van der Waals surface area contributed by atoms with E-state index in [0.717, 1.165) is 0 Å². The third-order valence-electron chi connectivity index (χ3n) is 5.17. The number of hydrogen-bond donors (Lipinski definition) is 1. The predicted molar refractivity (Wildman–Crippen MR) is 97.0 cm³/mol. The molecule has 148 valence electrons. The van der Waals surface area contributed by atoms with Gasteiger partial charge in [-0.05, 0) is 25.1 Å². The second-order valence-corrected chi connectivity index (χ2v) is 6.92. The van der Waals surface area contributed by atoms with Gasteiger partial charge in [0, 0.05) is 26.2 Å². The number of carbonyl (C=O) groups is 2. The van der Waals surface area contributed by atoms with Crippen LogP contribution in [0.4, 0.5) is 4.39 Å². The number of oxazole rings is 1. The van der Waals surface area contributed by atoms with Gasteiger partial charge < -0.3 is 19.4 Å². The van der Waals surface area contributed by atoms with Crippen LogP contribution in [0.2, 0.25) is 0 Å². The SMILES string of the molecule is COc1ccc(F)c(-c2nc(CN3CCN4C(=O)CNC(=O)C4C3)c(C)o2)c1. The summed E-state index contributed by atoms with van der Waals surface area (Å²) in [5.41, 5.74) is 0.906. The van der Waals surface area contributed by atoms with Crippen molar-refractivity contribution in [2.75, 3.05) is 33.3 Å². The smallest absolute Gasteiger partial charge is 0.244 e. The summed E-state index contributed by atoms with van der Waals surface area (Å²) in [7, 11) is 1.51. The Morgan fingerprint density at radius 1 is 1.36 bits per heavy atom. The molecule has 3 heterocycles. The van der Waals surface area contributed by atoms with E-state index in [2.05, 4.69) is 15.2 Å². The quantitative estimate of drug-likeness (QED) is 0.839. The highest BCUT2D eigenvalue weighted by molar-refractivity contribution is 5.95. The molecule has 9 heteroatoms. The first-order valence-electron chi connectivity index (χ1n) is 9.06. The minimum Gasteiger partial charge on any atom is -0.497 e. The molecule has 0 radical (unpaired) electrons. The molecule has 1 N–H and O–H groups in total. The zero-order valence-corrected chi connectivity index (χ0v) is 15.7. The van der Waals surface area contributed by atoms with Crippen molar-refractivity contribution < 1.29 is 23.1 Å². The molecule has 0 saturated carbocycles. The van der Waals surface area contributed by atoms with Crippen LogP contribution in [0.1, 0.15) is 11.5 Å². The van der Waals surface area contributed by atoms with Crippen LogP contribution in [-0.4, -0.2) is 65.9 Å². The van der Waals surface area contributed by atoms with Crippen LogP contribution >= 0.6 is 0 Å². The van der Waals surface area contributed by atoms with E-state index < -0.39 is 11.9 Å². The van der Waals surface area contributed by atoms with E-state index in [0.29, 0.717) is 43.4 Å². The second kappa shape index (κ2) is 7.23. The van der Waals surface area contributed by atoms with Gasteiger partial charge in [-0.25, -0.2) is 9.37 Å². The number of carbonyl (C=O) groups excluding carboxylic acids is 2. The Morgan fingerprint density at radius 3 is 2.96 bits per heavy atom. The van der Waals surface area contributed by atoms with Crippen LogP contribution in [0.5, 0.6) is 5.75 Å². The van der Waals surface area contributed by atoms with E-state index in [4.69, 9.17) is 9.15 Å². The number of aryl methyl sites for hydroxylation is 1. The maximum absolute atomic E-state index is 14.2. The maximum Gasteiger partial charge on any atom is 0.244 e. The molecule has 1 unspecified atom stereocenters. The number of fused-ring (bicyclic) bond motifs is 1. The molecule has 4 rings (SSSR count). The molecule has 1 aromatic carbocycles. The van der Waals surface area contributed by atoms with Gasteiger partial charge in [-0.3, -0.25) is 14.5 Å². The number of methoxy groups -OCH3 is 1. The Balaban J connectivity index is 1.52. The van der Waals surface area contributed by atoms with Crippen molar-refractivity contribution in [3.8, 4) is 17.2 Å². The Labute approximate surface area is 161 Å². The summed E-state index contributed by atoms with van der Waals surface area (Å²) < 4.78 is 25.0. The Morgan fingerprint density at radius 2 is 2.18 bits per heavy atom. The van der Waals surface area contributed by atoms with Crippen LogP contribution in [0.3, 0.4) is 0 Å². The summed E-state index contributed by atoms with van der Waals surface area (Å²) in [5.74, 6) is 0.646. The molecule has 2 aliphatic rings. The lowest BCUT2D eigenvalue weighted by molar-refractivity contribution is -0.149. The molecule has 2 fully saturated rings. The monoisotopic (exact) mass is 388 g/mol. The highest BCUT2D eigenvalue weighted by atomic mass is 19.1. The topological polar surface area (TPSA) is 87.9 Å². The fourth-order valence-corrected chi connectivity index (χ4v) is 3.59. The number of nitrogens with zero attached hydrogens (tertiary/aromatic N) is 3. The third kappa shape index (κ3) is 3.33. The first kappa shape index (κ1) is 18.4. The van der Waals surface area contributed by atoms with Gasteiger partial charge in [0.05, 0.1) is 24.9 Å². The molecule has 8 nitrogen and oxygen atoms in total. The lowest BCUT2D eigenvalue weighted by Crippen LogP contribution is -2.65. The Hall–Kier alpha value is -2.94.